The Bertz CT molecular complexity index is 1480. The minimum Gasteiger partial charge on any atom is -0.248 e. The van der Waals surface area contributed by atoms with Crippen LogP contribution in [-0.4, -0.2) is 104 Å². The molecule has 0 saturated heterocycles. The van der Waals surface area contributed by atoms with Crippen molar-refractivity contribution in [3.63, 3.8) is 0 Å². The van der Waals surface area contributed by atoms with E-state index in [1.165, 1.54) is 11.7 Å². The molecule has 0 aromatic heterocycles. The molecule has 1 radical (unpaired) electrons. The third-order valence-electron chi connectivity index (χ3n) is 4.96. The van der Waals surface area contributed by atoms with Crippen molar-refractivity contribution in [1.29, 1.82) is 0 Å². The Morgan fingerprint density at radius 1 is 0.183 bits per heavy atom. The predicted octanol–water partition coefficient (Wildman–Crippen LogP) is 11.1. The van der Waals surface area contributed by atoms with E-state index in [4.69, 9.17) is 0 Å². The van der Waals surface area contributed by atoms with Crippen molar-refractivity contribution in [2.75, 3.05) is 0 Å². The minimum absolute atomic E-state index is 0.889. The molecular weight excluding hydrogens is 993 g/mol. The molecule has 0 fully saturated rings. The van der Waals surface area contributed by atoms with Crippen molar-refractivity contribution < 1.29 is 187 Å². The average Bonchev–Trinajstić information content (AvgIpc) is 2.86. The molecule has 0 amide bonds. The maximum atomic E-state index is 13.5. The van der Waals surface area contributed by atoms with Gasteiger partial charge < -0.3 is 0 Å². The molecule has 0 aromatic carbocycles. The molecule has 42 heteroatoms. The van der Waals surface area contributed by atoms with Gasteiger partial charge in [-0.3, -0.25) is 0 Å². The Morgan fingerprint density at radius 3 is 0.450 bits per heavy atom. The molecular formula is C18H2F35O7. The lowest BCUT2D eigenvalue weighted by Crippen LogP contribution is -2.65. The van der Waals surface area contributed by atoms with Crippen LogP contribution in [0, 0.1) is 6.92 Å². The molecule has 0 unspecified atom stereocenters. The first-order valence-electron chi connectivity index (χ1n) is 12.1. The second kappa shape index (κ2) is 15.2. The maximum absolute atomic E-state index is 13.5. The second-order valence-corrected chi connectivity index (χ2v) is 9.72. The fourth-order valence-corrected chi connectivity index (χ4v) is 2.29. The van der Waals surface area contributed by atoms with Crippen LogP contribution in [-0.2, 0) is 33.2 Å². The van der Waals surface area contributed by atoms with E-state index in [1.807, 2.05) is 0 Å². The van der Waals surface area contributed by atoms with E-state index in [0.29, 0.717) is 0 Å². The van der Waals surface area contributed by atoms with E-state index >= 15 is 0 Å². The van der Waals surface area contributed by atoms with E-state index in [1.54, 1.807) is 4.74 Å². The first-order valence-corrected chi connectivity index (χ1v) is 12.1. The highest BCUT2D eigenvalue weighted by Gasteiger charge is 2.86. The van der Waals surface area contributed by atoms with Crippen molar-refractivity contribution in [3.8, 4) is 0 Å². The van der Waals surface area contributed by atoms with Gasteiger partial charge in [-0.25, -0.2) is 33.2 Å². The third-order valence-corrected chi connectivity index (χ3v) is 4.96. The summed E-state index contributed by atoms with van der Waals surface area (Å²) in [7, 11) is 0. The van der Waals surface area contributed by atoms with Crippen LogP contribution in [0.2, 0.25) is 0 Å². The Balaban J connectivity index is 6.52. The fraction of sp³-hybridized carbons (Fsp3) is 0.944. The van der Waals surface area contributed by atoms with Crippen LogP contribution in [0.3, 0.4) is 0 Å². The summed E-state index contributed by atoms with van der Waals surface area (Å²) >= 11 is 0. The molecule has 0 aliphatic heterocycles. The van der Waals surface area contributed by atoms with E-state index in [9.17, 15) is 154 Å². The van der Waals surface area contributed by atoms with Gasteiger partial charge in [0, 0.05) is 6.92 Å². The van der Waals surface area contributed by atoms with Crippen LogP contribution in [0.4, 0.5) is 154 Å². The van der Waals surface area contributed by atoms with Gasteiger partial charge in [0.2, 0.25) is 0 Å². The van der Waals surface area contributed by atoms with Gasteiger partial charge in [0.1, 0.15) is 0 Å². The van der Waals surface area contributed by atoms with E-state index in [2.05, 4.69) is 0 Å². The van der Waals surface area contributed by atoms with Crippen LogP contribution in [0.5, 0.6) is 0 Å². The topological polar surface area (TPSA) is 64.6 Å². The lowest BCUT2D eigenvalue weighted by molar-refractivity contribution is -0.598. The van der Waals surface area contributed by atoms with Crippen LogP contribution in [0.1, 0.15) is 0 Å². The van der Waals surface area contributed by atoms with Crippen molar-refractivity contribution in [1.82, 2.24) is 0 Å². The summed E-state index contributed by atoms with van der Waals surface area (Å²) in [6.07, 6.45) is -122. The van der Waals surface area contributed by atoms with Crippen molar-refractivity contribution in [2.24, 2.45) is 0 Å². The Hall–Kier alpha value is -2.73. The number of hydrogen-bond donors (Lipinski definition) is 0. The third kappa shape index (κ3) is 11.3. The summed E-state index contributed by atoms with van der Waals surface area (Å²) < 4.78 is 467. The molecule has 0 aliphatic carbocycles. The number of alkyl halides is 35. The predicted molar refractivity (Wildman–Crippen MR) is 98.2 cm³/mol. The standard InChI is InChI=1S/C18H2F35O7/c1-2(19,20)54-7(30,31)8(32,33)56-11(38,39)12(40,41)58-15(46,47)16(48,49)60-18(52,53)17(50,51)59-14(44,45)13(42,43)57-10(36,37)9(34,35)55-6(28,29)4(23,24)3(21,22)5(25,26)27/h1H2. The maximum Gasteiger partial charge on any atom is 0.460 e. The molecule has 0 heterocycles. The fourth-order valence-electron chi connectivity index (χ4n) is 2.29. The Labute approximate surface area is 299 Å². The molecule has 7 nitrogen and oxygen atoms in total. The highest BCUT2D eigenvalue weighted by molar-refractivity contribution is 4.97. The molecule has 0 atom stereocenters. The van der Waals surface area contributed by atoms with Gasteiger partial charge in [0.25, 0.3) is 0 Å². The van der Waals surface area contributed by atoms with Crippen LogP contribution in [0.15, 0.2) is 0 Å². The van der Waals surface area contributed by atoms with Gasteiger partial charge in [-0.05, 0) is 0 Å². The van der Waals surface area contributed by atoms with E-state index in [-0.39, 0.29) is 0 Å². The van der Waals surface area contributed by atoms with E-state index in [0.717, 1.165) is 23.7 Å². The van der Waals surface area contributed by atoms with Crippen molar-refractivity contribution in [3.05, 3.63) is 6.92 Å². The number of rotatable bonds is 22. The van der Waals surface area contributed by atoms with Crippen LogP contribution < -0.4 is 0 Å². The van der Waals surface area contributed by atoms with Gasteiger partial charge in [-0.15, -0.1) is 0 Å². The largest absolute Gasteiger partial charge is 0.460 e. The number of hydrogen-bond acceptors (Lipinski definition) is 7. The van der Waals surface area contributed by atoms with Crippen LogP contribution >= 0.6 is 0 Å². The molecule has 0 N–H and O–H groups in total. The summed E-state index contributed by atoms with van der Waals surface area (Å²) in [5.41, 5.74) is 0. The average molecular weight is 995 g/mol. The molecule has 60 heavy (non-hydrogen) atoms. The van der Waals surface area contributed by atoms with Gasteiger partial charge in [0.05, 0.1) is 0 Å². The second-order valence-electron chi connectivity index (χ2n) is 9.72. The lowest BCUT2D eigenvalue weighted by Gasteiger charge is -2.38. The number of ether oxygens (including phenoxy) is 7. The van der Waals surface area contributed by atoms with Gasteiger partial charge in [-0.1, -0.05) is 0 Å². The molecule has 0 aliphatic rings. The van der Waals surface area contributed by atoms with Crippen LogP contribution in [0.25, 0.3) is 0 Å². The monoisotopic (exact) mass is 995 g/mol. The Morgan fingerprint density at radius 2 is 0.317 bits per heavy atom. The van der Waals surface area contributed by atoms with Gasteiger partial charge >= 0.3 is 104 Å². The summed E-state index contributed by atoms with van der Waals surface area (Å²) in [4.78, 5) is 0. The minimum atomic E-state index is -8.58. The molecule has 0 bridgehead atoms. The first-order chi connectivity index (χ1) is 25.2. The lowest BCUT2D eigenvalue weighted by atomic mass is 10.1. The molecule has 0 aromatic rings. The first kappa shape index (κ1) is 57.3. The summed E-state index contributed by atoms with van der Waals surface area (Å²) in [6.45, 7) is 1.18. The zero-order valence-corrected chi connectivity index (χ0v) is 25.3. The smallest absolute Gasteiger partial charge is 0.248 e. The molecule has 0 saturated carbocycles. The highest BCUT2D eigenvalue weighted by Crippen LogP contribution is 2.58. The highest BCUT2D eigenvalue weighted by atomic mass is 19.4. The van der Waals surface area contributed by atoms with Crippen molar-refractivity contribution in [2.45, 2.75) is 104 Å². The molecule has 0 spiro atoms. The van der Waals surface area contributed by atoms with Crippen molar-refractivity contribution >= 4 is 0 Å². The SMILES string of the molecule is [CH2]C(F)(F)OC(F)(F)C(F)(F)OC(F)(F)C(F)(F)OC(F)(F)C(F)(F)OC(F)(F)C(F)(F)OC(F)(F)C(F)(F)OC(F)(F)C(F)(F)OC(F)(F)C(F)(F)C(F)(F)C(F)(F)F. The zero-order valence-electron chi connectivity index (χ0n) is 25.3. The van der Waals surface area contributed by atoms with E-state index < -0.39 is 104 Å². The molecule has 0 rings (SSSR count). The van der Waals surface area contributed by atoms with Gasteiger partial charge in [0.15, 0.2) is 0 Å². The normalized spacial score (nSPS) is 16.8. The summed E-state index contributed by atoms with van der Waals surface area (Å²) in [5, 5.41) is 0. The summed E-state index contributed by atoms with van der Waals surface area (Å²) in [5.74, 6) is -16.9. The zero-order chi connectivity index (χ0) is 49.4. The Kier molecular flexibility index (Phi) is 14.5. The molecule has 361 valence electrons. The summed E-state index contributed by atoms with van der Waals surface area (Å²) in [6, 6.07) is 0. The quantitative estimate of drug-likeness (QED) is 0.100. The number of halogens is 35. The van der Waals surface area contributed by atoms with Gasteiger partial charge in [-0.2, -0.15) is 154 Å².